The molecular weight excluding hydrogens is 378 g/mol. The van der Waals surface area contributed by atoms with Crippen molar-refractivity contribution in [2.45, 2.75) is 26.2 Å². The van der Waals surface area contributed by atoms with Gasteiger partial charge in [-0.15, -0.1) is 5.06 Å². The first-order valence-electron chi connectivity index (χ1n) is 10.3. The SMILES string of the molecule is C[C@@]12C(=O)N(OC(=O)C(c3ccccc3)c3ccccc3)C(=O)[C@]1(C)[C@@H]1C=C[C@H]2C1. The topological polar surface area (TPSA) is 63.7 Å². The molecule has 152 valence electrons. The summed E-state index contributed by atoms with van der Waals surface area (Å²) in [5, 5.41) is 0.743. The van der Waals surface area contributed by atoms with Crippen LogP contribution in [0.3, 0.4) is 0 Å². The molecule has 4 atom stereocenters. The van der Waals surface area contributed by atoms with E-state index in [1.165, 1.54) is 0 Å². The quantitative estimate of drug-likeness (QED) is 0.576. The standard InChI is InChI=1S/C25H23NO4/c1-24-18-13-14-19(15-18)25(24,2)23(29)26(22(24)28)30-21(27)20(16-9-5-3-6-10-16)17-11-7-4-8-12-17/h3-14,18-20H,15H2,1-2H3/t18-,19+,24+,25-. The smallest absolute Gasteiger partial charge is 0.329 e. The van der Waals surface area contributed by atoms with Crippen molar-refractivity contribution < 1.29 is 19.2 Å². The number of imide groups is 1. The summed E-state index contributed by atoms with van der Waals surface area (Å²) in [4.78, 5) is 45.6. The monoisotopic (exact) mass is 401 g/mol. The van der Waals surface area contributed by atoms with Gasteiger partial charge < -0.3 is 4.84 Å². The summed E-state index contributed by atoms with van der Waals surface area (Å²) >= 11 is 0. The Morgan fingerprint density at radius 3 is 1.73 bits per heavy atom. The maximum atomic E-state index is 13.3. The van der Waals surface area contributed by atoms with Crippen molar-refractivity contribution in [3.8, 4) is 0 Å². The van der Waals surface area contributed by atoms with Crippen molar-refractivity contribution in [2.75, 3.05) is 0 Å². The summed E-state index contributed by atoms with van der Waals surface area (Å²) in [7, 11) is 0. The number of hydroxylamine groups is 2. The van der Waals surface area contributed by atoms with Gasteiger partial charge in [0.1, 0.15) is 5.92 Å². The third-order valence-corrected chi connectivity index (χ3v) is 7.59. The minimum absolute atomic E-state index is 0.00769. The van der Waals surface area contributed by atoms with Gasteiger partial charge in [-0.2, -0.15) is 0 Å². The third kappa shape index (κ3) is 2.26. The molecule has 0 aromatic heterocycles. The van der Waals surface area contributed by atoms with E-state index < -0.39 is 34.5 Å². The van der Waals surface area contributed by atoms with Crippen LogP contribution in [0.25, 0.3) is 0 Å². The van der Waals surface area contributed by atoms with Gasteiger partial charge in [0.05, 0.1) is 10.8 Å². The van der Waals surface area contributed by atoms with Crippen molar-refractivity contribution in [3.05, 3.63) is 83.9 Å². The van der Waals surface area contributed by atoms with Crippen molar-refractivity contribution in [1.29, 1.82) is 0 Å². The summed E-state index contributed by atoms with van der Waals surface area (Å²) < 4.78 is 0. The first-order chi connectivity index (χ1) is 14.4. The fraction of sp³-hybridized carbons (Fsp3) is 0.320. The van der Waals surface area contributed by atoms with Gasteiger partial charge in [-0.1, -0.05) is 72.8 Å². The number of hydrogen-bond donors (Lipinski definition) is 0. The number of carbonyl (C=O) groups is 3. The zero-order chi connectivity index (χ0) is 21.1. The molecule has 5 heteroatoms. The Morgan fingerprint density at radius 1 is 0.867 bits per heavy atom. The molecule has 5 nitrogen and oxygen atoms in total. The van der Waals surface area contributed by atoms with Gasteiger partial charge in [-0.25, -0.2) is 4.79 Å². The lowest BCUT2D eigenvalue weighted by Gasteiger charge is -2.36. The van der Waals surface area contributed by atoms with E-state index in [4.69, 9.17) is 4.84 Å². The lowest BCUT2D eigenvalue weighted by atomic mass is 9.61. The second kappa shape index (κ2) is 6.39. The average Bonchev–Trinajstić information content (AvgIpc) is 3.38. The Balaban J connectivity index is 1.49. The van der Waals surface area contributed by atoms with Gasteiger partial charge in [0, 0.05) is 0 Å². The third-order valence-electron chi connectivity index (χ3n) is 7.59. The van der Waals surface area contributed by atoms with Gasteiger partial charge in [0.2, 0.25) is 0 Å². The summed E-state index contributed by atoms with van der Waals surface area (Å²) in [6.07, 6.45) is 4.85. The maximum Gasteiger partial charge on any atom is 0.344 e. The molecule has 2 bridgehead atoms. The van der Waals surface area contributed by atoms with E-state index in [1.807, 2.05) is 86.7 Å². The average molecular weight is 401 g/mol. The maximum absolute atomic E-state index is 13.3. The molecule has 30 heavy (non-hydrogen) atoms. The number of benzene rings is 2. The highest BCUT2D eigenvalue weighted by Gasteiger charge is 2.75. The fourth-order valence-electron chi connectivity index (χ4n) is 5.58. The molecule has 0 unspecified atom stereocenters. The molecule has 2 aromatic rings. The van der Waals surface area contributed by atoms with E-state index in [0.717, 1.165) is 22.6 Å². The van der Waals surface area contributed by atoms with Gasteiger partial charge in [-0.05, 0) is 43.2 Å². The lowest BCUT2D eigenvalue weighted by Crippen LogP contribution is -2.43. The summed E-state index contributed by atoms with van der Waals surface area (Å²) in [5.74, 6) is -2.22. The predicted octanol–water partition coefficient (Wildman–Crippen LogP) is 3.86. The zero-order valence-electron chi connectivity index (χ0n) is 16.9. The molecule has 5 rings (SSSR count). The largest absolute Gasteiger partial charge is 0.344 e. The van der Waals surface area contributed by atoms with E-state index in [-0.39, 0.29) is 11.8 Å². The molecule has 0 spiro atoms. The predicted molar refractivity (Wildman–Crippen MR) is 110 cm³/mol. The molecule has 1 aliphatic heterocycles. The first kappa shape index (κ1) is 18.8. The molecule has 1 saturated carbocycles. The van der Waals surface area contributed by atoms with Crippen LogP contribution in [0.15, 0.2) is 72.8 Å². The Labute approximate surface area is 175 Å². The molecule has 1 saturated heterocycles. The number of fused-ring (bicyclic) bond motifs is 5. The second-order valence-electron chi connectivity index (χ2n) is 8.81. The number of amides is 2. The van der Waals surface area contributed by atoms with Crippen LogP contribution in [-0.4, -0.2) is 22.8 Å². The molecular formula is C25H23NO4. The molecule has 2 aliphatic carbocycles. The van der Waals surface area contributed by atoms with Gasteiger partial charge in [0.25, 0.3) is 11.8 Å². The highest BCUT2D eigenvalue weighted by atomic mass is 16.7. The van der Waals surface area contributed by atoms with Crippen molar-refractivity contribution in [2.24, 2.45) is 22.7 Å². The summed E-state index contributed by atoms with van der Waals surface area (Å²) in [5.41, 5.74) is -0.267. The van der Waals surface area contributed by atoms with Gasteiger partial charge in [0.15, 0.2) is 0 Å². The summed E-state index contributed by atoms with van der Waals surface area (Å²) in [6.45, 7) is 3.67. The molecule has 2 fully saturated rings. The minimum atomic E-state index is -0.876. The Morgan fingerprint density at radius 2 is 1.30 bits per heavy atom. The number of allylic oxidation sites excluding steroid dienone is 2. The Kier molecular flexibility index (Phi) is 4.01. The van der Waals surface area contributed by atoms with Crippen LogP contribution in [0.1, 0.15) is 37.3 Å². The van der Waals surface area contributed by atoms with Gasteiger partial charge >= 0.3 is 5.97 Å². The van der Waals surface area contributed by atoms with Crippen molar-refractivity contribution >= 4 is 17.8 Å². The molecule has 1 heterocycles. The fourth-order valence-corrected chi connectivity index (χ4v) is 5.58. The normalized spacial score (nSPS) is 31.5. The van der Waals surface area contributed by atoms with Crippen LogP contribution in [0.2, 0.25) is 0 Å². The second-order valence-corrected chi connectivity index (χ2v) is 8.81. The Hall–Kier alpha value is -3.21. The number of hydrogen-bond acceptors (Lipinski definition) is 4. The van der Waals surface area contributed by atoms with E-state index in [0.29, 0.717) is 0 Å². The van der Waals surface area contributed by atoms with Crippen LogP contribution < -0.4 is 0 Å². The molecule has 0 N–H and O–H groups in total. The van der Waals surface area contributed by atoms with Crippen LogP contribution in [0, 0.1) is 22.7 Å². The lowest BCUT2D eigenvalue weighted by molar-refractivity contribution is -0.201. The molecule has 3 aliphatic rings. The number of rotatable bonds is 4. The van der Waals surface area contributed by atoms with Crippen molar-refractivity contribution in [1.82, 2.24) is 5.06 Å². The molecule has 2 aromatic carbocycles. The van der Waals surface area contributed by atoms with E-state index in [9.17, 15) is 14.4 Å². The summed E-state index contributed by atoms with van der Waals surface area (Å²) in [6, 6.07) is 18.5. The Bertz CT molecular complexity index is 988. The van der Waals surface area contributed by atoms with Gasteiger partial charge in [-0.3, -0.25) is 9.59 Å². The highest BCUT2D eigenvalue weighted by molar-refractivity contribution is 6.10. The number of nitrogens with zero attached hydrogens (tertiary/aromatic N) is 1. The van der Waals surface area contributed by atoms with E-state index >= 15 is 0 Å². The van der Waals surface area contributed by atoms with Crippen LogP contribution >= 0.6 is 0 Å². The van der Waals surface area contributed by atoms with E-state index in [2.05, 4.69) is 0 Å². The van der Waals surface area contributed by atoms with E-state index in [1.54, 1.807) is 0 Å². The van der Waals surface area contributed by atoms with Crippen LogP contribution in [-0.2, 0) is 19.2 Å². The zero-order valence-corrected chi connectivity index (χ0v) is 16.9. The minimum Gasteiger partial charge on any atom is -0.329 e. The van der Waals surface area contributed by atoms with Crippen LogP contribution in [0.4, 0.5) is 0 Å². The first-order valence-corrected chi connectivity index (χ1v) is 10.3. The van der Waals surface area contributed by atoms with Crippen molar-refractivity contribution in [3.63, 3.8) is 0 Å². The molecule has 2 amide bonds. The highest BCUT2D eigenvalue weighted by Crippen LogP contribution is 2.67. The van der Waals surface area contributed by atoms with Crippen LogP contribution in [0.5, 0.6) is 0 Å². The number of carbonyl (C=O) groups excluding carboxylic acids is 3. The molecule has 0 radical (unpaired) electrons.